The van der Waals surface area contributed by atoms with Gasteiger partial charge in [0.25, 0.3) is 0 Å². The number of likely N-dealkylation sites (tertiary alicyclic amines) is 1. The van der Waals surface area contributed by atoms with Crippen molar-refractivity contribution in [1.82, 2.24) is 9.88 Å². The first-order valence-corrected chi connectivity index (χ1v) is 8.21. The third-order valence-electron chi connectivity index (χ3n) is 4.66. The van der Waals surface area contributed by atoms with E-state index < -0.39 is 6.10 Å². The molecule has 0 radical (unpaired) electrons. The van der Waals surface area contributed by atoms with Gasteiger partial charge in [-0.25, -0.2) is 0 Å². The molecule has 0 bridgehead atoms. The summed E-state index contributed by atoms with van der Waals surface area (Å²) in [7, 11) is 1.72. The van der Waals surface area contributed by atoms with Crippen molar-refractivity contribution in [1.29, 1.82) is 0 Å². The molecule has 0 aliphatic carbocycles. The zero-order chi connectivity index (χ0) is 16.1. The van der Waals surface area contributed by atoms with Gasteiger partial charge < -0.3 is 9.84 Å². The molecular weight excluding hydrogens is 288 g/mol. The van der Waals surface area contributed by atoms with E-state index in [1.165, 1.54) is 5.56 Å². The summed E-state index contributed by atoms with van der Waals surface area (Å²) < 4.78 is 5.43. The molecule has 3 rings (SSSR count). The summed E-state index contributed by atoms with van der Waals surface area (Å²) in [6, 6.07) is 13.9. The van der Waals surface area contributed by atoms with Gasteiger partial charge in [-0.15, -0.1) is 0 Å². The number of ether oxygens (including phenoxy) is 1. The zero-order valence-corrected chi connectivity index (χ0v) is 13.6. The number of pyridine rings is 1. The summed E-state index contributed by atoms with van der Waals surface area (Å²) in [5.74, 6) is 1.24. The molecule has 0 unspecified atom stereocenters. The van der Waals surface area contributed by atoms with Gasteiger partial charge in [-0.1, -0.05) is 24.3 Å². The van der Waals surface area contributed by atoms with Gasteiger partial charge in [0.2, 0.25) is 0 Å². The van der Waals surface area contributed by atoms with Crippen molar-refractivity contribution in [3.63, 3.8) is 0 Å². The topological polar surface area (TPSA) is 45.6 Å². The first-order valence-electron chi connectivity index (χ1n) is 8.21. The van der Waals surface area contributed by atoms with Gasteiger partial charge in [-0.3, -0.25) is 9.88 Å². The predicted octanol–water partition coefficient (Wildman–Crippen LogP) is 3.04. The van der Waals surface area contributed by atoms with Gasteiger partial charge in [0.1, 0.15) is 5.75 Å². The molecular formula is C19H24N2O2. The van der Waals surface area contributed by atoms with Crippen molar-refractivity contribution < 1.29 is 9.84 Å². The van der Waals surface area contributed by atoms with Crippen LogP contribution in [0.3, 0.4) is 0 Å². The molecule has 1 fully saturated rings. The van der Waals surface area contributed by atoms with Crippen LogP contribution < -0.4 is 4.74 Å². The highest BCUT2D eigenvalue weighted by atomic mass is 16.5. The Morgan fingerprint density at radius 1 is 1.17 bits per heavy atom. The zero-order valence-electron chi connectivity index (χ0n) is 13.6. The molecule has 1 saturated heterocycles. The van der Waals surface area contributed by atoms with Crippen molar-refractivity contribution in [2.24, 2.45) is 5.92 Å². The number of piperidine rings is 1. The SMILES string of the molecule is COc1ccccc1CN1CCC([C@@H](O)c2ccccn2)CC1. The Morgan fingerprint density at radius 3 is 2.61 bits per heavy atom. The Labute approximate surface area is 137 Å². The van der Waals surface area contributed by atoms with Crippen molar-refractivity contribution >= 4 is 0 Å². The van der Waals surface area contributed by atoms with E-state index in [2.05, 4.69) is 22.0 Å². The highest BCUT2D eigenvalue weighted by molar-refractivity contribution is 5.33. The van der Waals surface area contributed by atoms with Gasteiger partial charge in [0, 0.05) is 18.3 Å². The highest BCUT2D eigenvalue weighted by Gasteiger charge is 2.27. The molecule has 1 aromatic carbocycles. The lowest BCUT2D eigenvalue weighted by molar-refractivity contribution is 0.0538. The third kappa shape index (κ3) is 3.89. The Bertz CT molecular complexity index is 610. The van der Waals surface area contributed by atoms with Crippen LogP contribution in [0.15, 0.2) is 48.7 Å². The van der Waals surface area contributed by atoms with Gasteiger partial charge in [-0.05, 0) is 50.0 Å². The van der Waals surface area contributed by atoms with Crippen LogP contribution in [0.1, 0.15) is 30.2 Å². The Morgan fingerprint density at radius 2 is 1.91 bits per heavy atom. The van der Waals surface area contributed by atoms with Crippen molar-refractivity contribution in [2.45, 2.75) is 25.5 Å². The maximum absolute atomic E-state index is 10.5. The van der Waals surface area contributed by atoms with Crippen LogP contribution in [0.25, 0.3) is 0 Å². The lowest BCUT2D eigenvalue weighted by atomic mass is 9.89. The Balaban J connectivity index is 1.56. The number of nitrogens with zero attached hydrogens (tertiary/aromatic N) is 2. The van der Waals surface area contributed by atoms with E-state index >= 15 is 0 Å². The molecule has 4 nitrogen and oxygen atoms in total. The van der Waals surface area contributed by atoms with Crippen LogP contribution in [0.4, 0.5) is 0 Å². The second kappa shape index (κ2) is 7.57. The van der Waals surface area contributed by atoms with Crippen molar-refractivity contribution in [3.8, 4) is 5.75 Å². The van der Waals surface area contributed by atoms with E-state index in [4.69, 9.17) is 4.74 Å². The second-order valence-corrected chi connectivity index (χ2v) is 6.12. The molecule has 1 aliphatic rings. The maximum atomic E-state index is 10.5. The van der Waals surface area contributed by atoms with E-state index in [1.807, 2.05) is 30.3 Å². The quantitative estimate of drug-likeness (QED) is 0.922. The minimum Gasteiger partial charge on any atom is -0.496 e. The van der Waals surface area contributed by atoms with Crippen molar-refractivity contribution in [3.05, 3.63) is 59.9 Å². The fourth-order valence-corrected chi connectivity index (χ4v) is 3.29. The Hall–Kier alpha value is -1.91. The molecule has 2 aromatic rings. The maximum Gasteiger partial charge on any atom is 0.123 e. The van der Waals surface area contributed by atoms with E-state index in [1.54, 1.807) is 13.3 Å². The highest BCUT2D eigenvalue weighted by Crippen LogP contribution is 2.30. The summed E-state index contributed by atoms with van der Waals surface area (Å²) >= 11 is 0. The number of methoxy groups -OCH3 is 1. The van der Waals surface area contributed by atoms with Crippen LogP contribution in [-0.4, -0.2) is 35.2 Å². The van der Waals surface area contributed by atoms with Gasteiger partial charge in [0.05, 0.1) is 18.9 Å². The predicted molar refractivity (Wildman–Crippen MR) is 90.2 cm³/mol. The number of aromatic nitrogens is 1. The average molecular weight is 312 g/mol. The minimum atomic E-state index is -0.454. The van der Waals surface area contributed by atoms with Gasteiger partial charge in [-0.2, -0.15) is 0 Å². The monoisotopic (exact) mass is 312 g/mol. The molecule has 1 aliphatic heterocycles. The lowest BCUT2D eigenvalue weighted by Crippen LogP contribution is -2.35. The number of hydrogen-bond acceptors (Lipinski definition) is 4. The summed E-state index contributed by atoms with van der Waals surface area (Å²) in [6.45, 7) is 2.88. The minimum absolute atomic E-state index is 0.291. The Kier molecular flexibility index (Phi) is 5.26. The number of para-hydroxylation sites is 1. The number of aliphatic hydroxyl groups excluding tert-OH is 1. The lowest BCUT2D eigenvalue weighted by Gasteiger charge is -2.34. The first kappa shape index (κ1) is 16.0. The number of aliphatic hydroxyl groups is 1. The van der Waals surface area contributed by atoms with Crippen LogP contribution in [0.2, 0.25) is 0 Å². The molecule has 122 valence electrons. The number of benzene rings is 1. The molecule has 1 N–H and O–H groups in total. The molecule has 0 saturated carbocycles. The normalized spacial score (nSPS) is 17.8. The van der Waals surface area contributed by atoms with Crippen molar-refractivity contribution in [2.75, 3.05) is 20.2 Å². The summed E-state index contributed by atoms with van der Waals surface area (Å²) in [4.78, 5) is 6.71. The van der Waals surface area contributed by atoms with E-state index in [-0.39, 0.29) is 0 Å². The average Bonchev–Trinajstić information content (AvgIpc) is 2.63. The van der Waals surface area contributed by atoms with Gasteiger partial charge in [0.15, 0.2) is 0 Å². The van der Waals surface area contributed by atoms with E-state index in [0.29, 0.717) is 5.92 Å². The first-order chi connectivity index (χ1) is 11.3. The van der Waals surface area contributed by atoms with Crippen LogP contribution in [0.5, 0.6) is 5.75 Å². The molecule has 4 heteroatoms. The van der Waals surface area contributed by atoms with E-state index in [0.717, 1.165) is 43.9 Å². The smallest absolute Gasteiger partial charge is 0.123 e. The number of rotatable bonds is 5. The third-order valence-corrected chi connectivity index (χ3v) is 4.66. The van der Waals surface area contributed by atoms with Crippen LogP contribution in [0, 0.1) is 5.92 Å². The number of hydrogen-bond donors (Lipinski definition) is 1. The van der Waals surface area contributed by atoms with Crippen LogP contribution >= 0.6 is 0 Å². The summed E-state index contributed by atoms with van der Waals surface area (Å²) in [5.41, 5.74) is 2.01. The fourth-order valence-electron chi connectivity index (χ4n) is 3.29. The molecule has 1 atom stereocenters. The standard InChI is InChI=1S/C19H24N2O2/c1-23-18-8-3-2-6-16(18)14-21-12-9-15(10-13-21)19(22)17-7-4-5-11-20-17/h2-8,11,15,19,22H,9-10,12-14H2,1H3/t19-/m1/s1. The molecule has 1 aromatic heterocycles. The summed E-state index contributed by atoms with van der Waals surface area (Å²) in [5, 5.41) is 10.5. The largest absolute Gasteiger partial charge is 0.496 e. The second-order valence-electron chi connectivity index (χ2n) is 6.12. The fraction of sp³-hybridized carbons (Fsp3) is 0.421. The van der Waals surface area contributed by atoms with Gasteiger partial charge >= 0.3 is 0 Å². The molecule has 0 amide bonds. The van der Waals surface area contributed by atoms with E-state index in [9.17, 15) is 5.11 Å². The molecule has 23 heavy (non-hydrogen) atoms. The van der Waals surface area contributed by atoms with Crippen LogP contribution in [-0.2, 0) is 6.54 Å². The molecule has 0 spiro atoms. The summed E-state index contributed by atoms with van der Waals surface area (Å²) in [6.07, 6.45) is 3.28. The molecule has 2 heterocycles.